The van der Waals surface area contributed by atoms with Gasteiger partial charge in [0.2, 0.25) is 20.3 Å². The van der Waals surface area contributed by atoms with Crippen LogP contribution in [0.15, 0.2) is 83.6 Å². The molecule has 0 N–H and O–H groups in total. The van der Waals surface area contributed by atoms with E-state index in [1.807, 2.05) is 69.3 Å². The van der Waals surface area contributed by atoms with Crippen LogP contribution in [0.1, 0.15) is 52.7 Å². The molecular formula is C38H42BrFN2O5SSi. The van der Waals surface area contributed by atoms with Crippen LogP contribution in [0.5, 0.6) is 17.4 Å². The van der Waals surface area contributed by atoms with Crippen molar-refractivity contribution in [3.63, 3.8) is 0 Å². The van der Waals surface area contributed by atoms with Crippen LogP contribution in [-0.4, -0.2) is 36.0 Å². The molecule has 2 heterocycles. The Morgan fingerprint density at radius 3 is 2.31 bits per heavy atom. The number of aromatic nitrogens is 2. The maximum atomic E-state index is 13.9. The molecule has 1 atom stereocenters. The number of esters is 1. The number of nitrogens with zero attached hydrogens (tertiary/aromatic N) is 2. The van der Waals surface area contributed by atoms with Crippen molar-refractivity contribution in [2.75, 3.05) is 0 Å². The predicted molar refractivity (Wildman–Crippen MR) is 200 cm³/mol. The third-order valence-corrected chi connectivity index (χ3v) is 14.8. The summed E-state index contributed by atoms with van der Waals surface area (Å²) in [5, 5.41) is 0.590. The molecule has 0 fully saturated rings. The highest BCUT2D eigenvalue weighted by molar-refractivity contribution is 9.10. The van der Waals surface area contributed by atoms with Crippen molar-refractivity contribution in [1.29, 1.82) is 0 Å². The topological polar surface area (TPSA) is 79.8 Å². The minimum absolute atomic E-state index is 0.0170. The molecule has 0 bridgehead atoms. The van der Waals surface area contributed by atoms with Crippen molar-refractivity contribution >= 4 is 51.8 Å². The van der Waals surface area contributed by atoms with Crippen LogP contribution < -0.4 is 13.9 Å². The summed E-state index contributed by atoms with van der Waals surface area (Å²) < 4.78 is 39.8. The fraction of sp³-hybridized carbons (Fsp3) is 0.342. The Kier molecular flexibility index (Phi) is 10.9. The molecule has 5 aromatic rings. The van der Waals surface area contributed by atoms with Gasteiger partial charge in [0.25, 0.3) is 0 Å². The van der Waals surface area contributed by atoms with Gasteiger partial charge in [0, 0.05) is 12.0 Å². The summed E-state index contributed by atoms with van der Waals surface area (Å²) in [5.74, 6) is 0.653. The first-order valence-corrected chi connectivity index (χ1v) is 20.6. The van der Waals surface area contributed by atoms with E-state index in [4.69, 9.17) is 18.6 Å². The second kappa shape index (κ2) is 14.6. The quantitative estimate of drug-likeness (QED) is 0.0978. The molecule has 7 nitrogen and oxygen atoms in total. The number of carbonyl (C=O) groups is 1. The molecule has 0 saturated carbocycles. The Labute approximate surface area is 301 Å². The first-order chi connectivity index (χ1) is 23.0. The van der Waals surface area contributed by atoms with Crippen molar-refractivity contribution in [3.8, 4) is 27.8 Å². The number of rotatable bonds is 11. The third-order valence-electron chi connectivity index (χ3n) is 8.28. The van der Waals surface area contributed by atoms with Gasteiger partial charge in [0.05, 0.1) is 14.7 Å². The van der Waals surface area contributed by atoms with Crippen LogP contribution in [0.2, 0.25) is 18.1 Å². The summed E-state index contributed by atoms with van der Waals surface area (Å²) in [4.78, 5) is 24.3. The lowest BCUT2D eigenvalue weighted by Crippen LogP contribution is -2.43. The molecular weight excluding hydrogens is 723 g/mol. The summed E-state index contributed by atoms with van der Waals surface area (Å²) in [6, 6.07) is 21.9. The number of benzene rings is 3. The predicted octanol–water partition coefficient (Wildman–Crippen LogP) is 10.6. The zero-order valence-corrected chi connectivity index (χ0v) is 32.5. The van der Waals surface area contributed by atoms with Crippen molar-refractivity contribution in [3.05, 3.63) is 101 Å². The van der Waals surface area contributed by atoms with Gasteiger partial charge in [-0.2, -0.15) is 0 Å². The fourth-order valence-corrected chi connectivity index (χ4v) is 7.74. The lowest BCUT2D eigenvalue weighted by molar-refractivity contribution is -0.163. The molecule has 3 aromatic carbocycles. The summed E-state index contributed by atoms with van der Waals surface area (Å²) in [5.41, 5.74) is 1.78. The molecule has 0 aliphatic heterocycles. The molecule has 258 valence electrons. The van der Waals surface area contributed by atoms with Crippen molar-refractivity contribution in [1.82, 2.24) is 9.97 Å². The van der Waals surface area contributed by atoms with Crippen LogP contribution in [-0.2, 0) is 22.6 Å². The molecule has 0 saturated heterocycles. The van der Waals surface area contributed by atoms with E-state index in [9.17, 15) is 9.18 Å². The molecule has 1 unspecified atom stereocenters. The van der Waals surface area contributed by atoms with E-state index in [0.717, 1.165) is 21.6 Å². The molecule has 0 spiro atoms. The minimum atomic E-state index is -2.18. The van der Waals surface area contributed by atoms with Gasteiger partial charge in [-0.15, -0.1) is 11.3 Å². The summed E-state index contributed by atoms with van der Waals surface area (Å²) in [6.07, 6.45) is 0.426. The number of halogens is 2. The third kappa shape index (κ3) is 9.06. The van der Waals surface area contributed by atoms with Crippen molar-refractivity contribution in [2.45, 2.75) is 84.4 Å². The van der Waals surface area contributed by atoms with Gasteiger partial charge in [-0.25, -0.2) is 19.2 Å². The highest BCUT2D eigenvalue weighted by Crippen LogP contribution is 2.45. The Morgan fingerprint density at radius 2 is 1.65 bits per heavy atom. The van der Waals surface area contributed by atoms with Crippen molar-refractivity contribution in [2.24, 2.45) is 0 Å². The van der Waals surface area contributed by atoms with E-state index in [-0.39, 0.29) is 23.2 Å². The molecule has 5 rings (SSSR count). The minimum Gasteiger partial charge on any atom is -0.543 e. The van der Waals surface area contributed by atoms with E-state index in [2.05, 4.69) is 59.8 Å². The van der Waals surface area contributed by atoms with Gasteiger partial charge in [0.1, 0.15) is 40.7 Å². The van der Waals surface area contributed by atoms with E-state index in [1.165, 1.54) is 29.8 Å². The molecule has 11 heteroatoms. The maximum absolute atomic E-state index is 13.9. The Hall–Kier alpha value is -3.80. The lowest BCUT2D eigenvalue weighted by Gasteiger charge is -2.36. The zero-order valence-electron chi connectivity index (χ0n) is 29.1. The lowest BCUT2D eigenvalue weighted by atomic mass is 10.1. The molecule has 0 aliphatic carbocycles. The van der Waals surface area contributed by atoms with E-state index < -0.39 is 26.0 Å². The SMILES string of the molecule is CC(C)(C)OC(=O)C(Cc1cc(O[Si](C)(C)C(C)(C)C)ccc1OCc1ccccc1)Oc1ncnc2sc(-c3ccc(F)cc3)c(Br)c12. The smallest absolute Gasteiger partial charge is 0.348 e. The van der Waals surface area contributed by atoms with Gasteiger partial charge in [-0.1, -0.05) is 63.2 Å². The molecule has 0 aliphatic rings. The van der Waals surface area contributed by atoms with Gasteiger partial charge < -0.3 is 18.6 Å². The van der Waals surface area contributed by atoms with Crippen LogP contribution >= 0.6 is 27.3 Å². The van der Waals surface area contributed by atoms with Gasteiger partial charge in [0.15, 0.2) is 0 Å². The number of hydrogen-bond donors (Lipinski definition) is 0. The first-order valence-electron chi connectivity index (χ1n) is 16.1. The van der Waals surface area contributed by atoms with Crippen LogP contribution in [0, 0.1) is 5.82 Å². The molecule has 49 heavy (non-hydrogen) atoms. The van der Waals surface area contributed by atoms with E-state index in [1.54, 1.807) is 12.1 Å². The monoisotopic (exact) mass is 764 g/mol. The first kappa shape index (κ1) is 36.5. The molecule has 0 radical (unpaired) electrons. The highest BCUT2D eigenvalue weighted by atomic mass is 79.9. The Balaban J connectivity index is 1.55. The van der Waals surface area contributed by atoms with Crippen LogP contribution in [0.25, 0.3) is 20.7 Å². The number of hydrogen-bond acceptors (Lipinski definition) is 8. The Morgan fingerprint density at radius 1 is 0.959 bits per heavy atom. The highest BCUT2D eigenvalue weighted by Gasteiger charge is 2.39. The second-order valence-electron chi connectivity index (χ2n) is 14.4. The van der Waals surface area contributed by atoms with E-state index >= 15 is 0 Å². The van der Waals surface area contributed by atoms with Gasteiger partial charge in [-0.05, 0) is 96.3 Å². The molecule has 2 aromatic heterocycles. The van der Waals surface area contributed by atoms with Gasteiger partial charge in [-0.3, -0.25) is 0 Å². The average Bonchev–Trinajstić information content (AvgIpc) is 3.36. The number of carbonyl (C=O) groups excluding carboxylic acids is 1. The fourth-order valence-electron chi connectivity index (χ4n) is 4.73. The maximum Gasteiger partial charge on any atom is 0.348 e. The average molecular weight is 766 g/mol. The van der Waals surface area contributed by atoms with Crippen molar-refractivity contribution < 1.29 is 27.8 Å². The summed E-state index contributed by atoms with van der Waals surface area (Å²) >= 11 is 5.13. The van der Waals surface area contributed by atoms with E-state index in [0.29, 0.717) is 32.8 Å². The molecule has 0 amide bonds. The number of thiophene rings is 1. The largest absolute Gasteiger partial charge is 0.543 e. The summed E-state index contributed by atoms with van der Waals surface area (Å²) in [6.45, 7) is 16.8. The Bertz CT molecular complexity index is 1920. The standard InChI is InChI=1S/C38H42BrFN2O5SSi/c1-37(2,3)46-36(43)30(45-34-31-32(39)33(48-35(31)42-23-41-34)25-14-16-27(40)17-15-25)21-26-20-28(47-49(7,8)38(4,5)6)18-19-29(26)44-22-24-12-10-9-11-13-24/h9-20,23,30H,21-22H2,1-8H3. The summed E-state index contributed by atoms with van der Waals surface area (Å²) in [7, 11) is -2.18. The number of ether oxygens (including phenoxy) is 3. The normalized spacial score (nSPS) is 12.9. The zero-order chi connectivity index (χ0) is 35.6. The van der Waals surface area contributed by atoms with Crippen LogP contribution in [0.4, 0.5) is 4.39 Å². The number of fused-ring (bicyclic) bond motifs is 1. The second-order valence-corrected chi connectivity index (χ2v) is 20.9. The van der Waals surface area contributed by atoms with Crippen LogP contribution in [0.3, 0.4) is 0 Å². The van der Waals surface area contributed by atoms with Gasteiger partial charge >= 0.3 is 5.97 Å².